The number of nitrogens with one attached hydrogen (secondary N) is 1. The predicted molar refractivity (Wildman–Crippen MR) is 78.9 cm³/mol. The van der Waals surface area contributed by atoms with E-state index in [0.717, 1.165) is 6.07 Å². The summed E-state index contributed by atoms with van der Waals surface area (Å²) in [5.41, 5.74) is -0.754. The van der Waals surface area contributed by atoms with Crippen LogP contribution < -0.4 is 5.32 Å². The van der Waals surface area contributed by atoms with Crippen LogP contribution in [0.1, 0.15) is 13.8 Å². The summed E-state index contributed by atoms with van der Waals surface area (Å²) in [6.45, 7) is 4.95. The molecule has 1 aliphatic heterocycles. The number of sulfonamides is 1. The predicted octanol–water partition coefficient (Wildman–Crippen LogP) is 1.62. The standard InChI is InChI=1S/C12H16ClN3O4S/c1-12(2)8-15(6-5-14-12)21(19,20)9-3-4-10(13)11(7-9)16(17)18/h3-4,7,14H,5-6,8H2,1-2H3. The Hall–Kier alpha value is -1.22. The van der Waals surface area contributed by atoms with Gasteiger partial charge in [-0.3, -0.25) is 10.1 Å². The van der Waals surface area contributed by atoms with E-state index in [4.69, 9.17) is 11.6 Å². The van der Waals surface area contributed by atoms with E-state index in [1.807, 2.05) is 13.8 Å². The van der Waals surface area contributed by atoms with Gasteiger partial charge in [-0.1, -0.05) is 11.6 Å². The Labute approximate surface area is 128 Å². The van der Waals surface area contributed by atoms with Crippen LogP contribution >= 0.6 is 11.6 Å². The fraction of sp³-hybridized carbons (Fsp3) is 0.500. The summed E-state index contributed by atoms with van der Waals surface area (Å²) in [4.78, 5) is 10.1. The van der Waals surface area contributed by atoms with Gasteiger partial charge in [0.2, 0.25) is 10.0 Å². The minimum absolute atomic E-state index is 0.0837. The van der Waals surface area contributed by atoms with Crippen molar-refractivity contribution in [2.24, 2.45) is 0 Å². The van der Waals surface area contributed by atoms with Crippen LogP contribution in [0.3, 0.4) is 0 Å². The van der Waals surface area contributed by atoms with Gasteiger partial charge in [0.15, 0.2) is 0 Å². The van der Waals surface area contributed by atoms with Gasteiger partial charge < -0.3 is 5.32 Å². The van der Waals surface area contributed by atoms with Crippen molar-refractivity contribution in [2.75, 3.05) is 19.6 Å². The van der Waals surface area contributed by atoms with E-state index in [1.54, 1.807) is 0 Å². The van der Waals surface area contributed by atoms with Crippen molar-refractivity contribution in [3.05, 3.63) is 33.3 Å². The number of nitro groups is 1. The lowest BCUT2D eigenvalue weighted by Crippen LogP contribution is -2.58. The molecule has 21 heavy (non-hydrogen) atoms. The van der Waals surface area contributed by atoms with Gasteiger partial charge in [-0.15, -0.1) is 0 Å². The van der Waals surface area contributed by atoms with Crippen molar-refractivity contribution in [3.8, 4) is 0 Å². The van der Waals surface area contributed by atoms with E-state index in [9.17, 15) is 18.5 Å². The zero-order valence-corrected chi connectivity index (χ0v) is 13.2. The normalized spacial score (nSPS) is 19.4. The van der Waals surface area contributed by atoms with Gasteiger partial charge in [0, 0.05) is 31.2 Å². The van der Waals surface area contributed by atoms with Crippen molar-refractivity contribution in [3.63, 3.8) is 0 Å². The van der Waals surface area contributed by atoms with E-state index in [-0.39, 0.29) is 15.5 Å². The number of halogens is 1. The van der Waals surface area contributed by atoms with Gasteiger partial charge in [-0.05, 0) is 26.0 Å². The molecule has 0 radical (unpaired) electrons. The molecule has 0 aliphatic carbocycles. The van der Waals surface area contributed by atoms with E-state index in [1.165, 1.54) is 16.4 Å². The van der Waals surface area contributed by atoms with Crippen LogP contribution in [-0.2, 0) is 10.0 Å². The van der Waals surface area contributed by atoms with Gasteiger partial charge >= 0.3 is 0 Å². The van der Waals surface area contributed by atoms with Crippen molar-refractivity contribution in [1.29, 1.82) is 0 Å². The zero-order chi connectivity index (χ0) is 15.8. The first-order valence-corrected chi connectivity index (χ1v) is 8.14. The fourth-order valence-electron chi connectivity index (χ4n) is 2.24. The minimum Gasteiger partial charge on any atom is -0.309 e. The van der Waals surface area contributed by atoms with Gasteiger partial charge in [-0.2, -0.15) is 4.31 Å². The Morgan fingerprint density at radius 3 is 2.67 bits per heavy atom. The Morgan fingerprint density at radius 1 is 1.43 bits per heavy atom. The Morgan fingerprint density at radius 2 is 2.10 bits per heavy atom. The number of nitro benzene ring substituents is 1. The number of piperazine rings is 1. The average Bonchev–Trinajstić information content (AvgIpc) is 2.37. The molecule has 1 fully saturated rings. The quantitative estimate of drug-likeness (QED) is 0.670. The smallest absolute Gasteiger partial charge is 0.289 e. The average molecular weight is 334 g/mol. The lowest BCUT2D eigenvalue weighted by molar-refractivity contribution is -0.384. The molecule has 0 unspecified atom stereocenters. The molecule has 116 valence electrons. The monoisotopic (exact) mass is 333 g/mol. The first kappa shape index (κ1) is 16.2. The molecule has 1 heterocycles. The van der Waals surface area contributed by atoms with Crippen LogP contribution in [0.2, 0.25) is 5.02 Å². The maximum Gasteiger partial charge on any atom is 0.289 e. The molecule has 7 nitrogen and oxygen atoms in total. The number of rotatable bonds is 3. The van der Waals surface area contributed by atoms with Crippen LogP contribution in [0.25, 0.3) is 0 Å². The van der Waals surface area contributed by atoms with Gasteiger partial charge in [0.25, 0.3) is 5.69 Å². The molecule has 1 saturated heterocycles. The van der Waals surface area contributed by atoms with Crippen LogP contribution in [0, 0.1) is 10.1 Å². The summed E-state index contributed by atoms with van der Waals surface area (Å²) in [5.74, 6) is 0. The largest absolute Gasteiger partial charge is 0.309 e. The molecule has 1 aromatic carbocycles. The summed E-state index contributed by atoms with van der Waals surface area (Å²) in [6, 6.07) is 3.53. The molecule has 0 bridgehead atoms. The fourth-order valence-corrected chi connectivity index (χ4v) is 4.05. The molecule has 0 saturated carbocycles. The second-order valence-corrected chi connectivity index (χ2v) is 7.86. The molecule has 0 aromatic heterocycles. The van der Waals surface area contributed by atoms with Crippen molar-refractivity contribution in [1.82, 2.24) is 9.62 Å². The van der Waals surface area contributed by atoms with E-state index in [2.05, 4.69) is 5.32 Å². The van der Waals surface area contributed by atoms with E-state index >= 15 is 0 Å². The number of hydrogen-bond donors (Lipinski definition) is 1. The number of benzene rings is 1. The summed E-state index contributed by atoms with van der Waals surface area (Å²) >= 11 is 5.71. The second kappa shape index (κ2) is 5.53. The third-order valence-electron chi connectivity index (χ3n) is 3.29. The van der Waals surface area contributed by atoms with Crippen LogP contribution in [0.4, 0.5) is 5.69 Å². The highest BCUT2D eigenvalue weighted by molar-refractivity contribution is 7.89. The van der Waals surface area contributed by atoms with Gasteiger partial charge in [0.1, 0.15) is 5.02 Å². The molecule has 0 amide bonds. The maximum absolute atomic E-state index is 12.6. The summed E-state index contributed by atoms with van der Waals surface area (Å²) < 4.78 is 26.5. The van der Waals surface area contributed by atoms with Gasteiger partial charge in [-0.25, -0.2) is 8.42 Å². The summed E-state index contributed by atoms with van der Waals surface area (Å²) in [5, 5.41) is 14.0. The second-order valence-electron chi connectivity index (χ2n) is 5.52. The molecule has 1 N–H and O–H groups in total. The Kier molecular flexibility index (Phi) is 4.25. The molecule has 0 spiro atoms. The molecular formula is C12H16ClN3O4S. The lowest BCUT2D eigenvalue weighted by Gasteiger charge is -2.38. The molecule has 1 aromatic rings. The minimum atomic E-state index is -3.78. The summed E-state index contributed by atoms with van der Waals surface area (Å²) in [7, 11) is -3.78. The van der Waals surface area contributed by atoms with E-state index < -0.39 is 20.6 Å². The highest BCUT2D eigenvalue weighted by Crippen LogP contribution is 2.29. The van der Waals surface area contributed by atoms with Crippen LogP contribution in [-0.4, -0.2) is 42.8 Å². The van der Waals surface area contributed by atoms with Crippen molar-refractivity contribution >= 4 is 27.3 Å². The van der Waals surface area contributed by atoms with Crippen molar-refractivity contribution < 1.29 is 13.3 Å². The van der Waals surface area contributed by atoms with Crippen LogP contribution in [0.15, 0.2) is 23.1 Å². The topological polar surface area (TPSA) is 92.5 Å². The number of hydrogen-bond acceptors (Lipinski definition) is 5. The molecule has 0 atom stereocenters. The Balaban J connectivity index is 2.40. The maximum atomic E-state index is 12.6. The third-order valence-corrected chi connectivity index (χ3v) is 5.45. The summed E-state index contributed by atoms with van der Waals surface area (Å²) in [6.07, 6.45) is 0. The SMILES string of the molecule is CC1(C)CN(S(=O)(=O)c2ccc(Cl)c([N+](=O)[O-])c2)CCN1. The molecular weight excluding hydrogens is 318 g/mol. The number of nitrogens with zero attached hydrogens (tertiary/aromatic N) is 2. The molecule has 2 rings (SSSR count). The van der Waals surface area contributed by atoms with Crippen molar-refractivity contribution in [2.45, 2.75) is 24.3 Å². The van der Waals surface area contributed by atoms with Gasteiger partial charge in [0.05, 0.1) is 9.82 Å². The first-order valence-electron chi connectivity index (χ1n) is 6.33. The van der Waals surface area contributed by atoms with E-state index in [0.29, 0.717) is 19.6 Å². The van der Waals surface area contributed by atoms with Crippen LogP contribution in [0.5, 0.6) is 0 Å². The lowest BCUT2D eigenvalue weighted by atomic mass is 10.0. The highest BCUT2D eigenvalue weighted by Gasteiger charge is 2.34. The third kappa shape index (κ3) is 3.34. The highest BCUT2D eigenvalue weighted by atomic mass is 35.5. The first-order chi connectivity index (χ1) is 9.63. The zero-order valence-electron chi connectivity index (χ0n) is 11.7. The molecule has 1 aliphatic rings. The Bertz CT molecular complexity index is 675. The molecule has 9 heteroatoms.